The van der Waals surface area contributed by atoms with Crippen molar-refractivity contribution in [2.75, 3.05) is 6.54 Å². The van der Waals surface area contributed by atoms with Crippen LogP contribution in [0.1, 0.15) is 52.4 Å². The second-order valence-corrected chi connectivity index (χ2v) is 7.95. The molecule has 0 bridgehead atoms. The molecule has 0 heterocycles. The minimum atomic E-state index is -0.828. The average molecular weight is 324 g/mol. The van der Waals surface area contributed by atoms with E-state index in [0.29, 0.717) is 17.4 Å². The van der Waals surface area contributed by atoms with Crippen LogP contribution in [0.2, 0.25) is 0 Å². The number of carboxylic acid groups (broad SMARTS) is 1. The van der Waals surface area contributed by atoms with E-state index in [1.165, 1.54) is 0 Å². The van der Waals surface area contributed by atoms with E-state index in [4.69, 9.17) is 5.84 Å². The number of hydrazine groups is 1. The summed E-state index contributed by atoms with van der Waals surface area (Å²) in [7, 11) is 0. The third-order valence-corrected chi connectivity index (χ3v) is 5.57. The zero-order valence-corrected chi connectivity index (χ0v) is 14.5. The lowest BCUT2D eigenvalue weighted by Crippen LogP contribution is -2.30. The maximum atomic E-state index is 11.8. The topological polar surface area (TPSA) is 75.3 Å². The number of carbonyl (C=O) groups is 1. The highest BCUT2D eigenvalue weighted by atomic mass is 32.1. The van der Waals surface area contributed by atoms with Crippen LogP contribution in [-0.2, 0) is 4.79 Å². The molecule has 0 amide bonds. The molecule has 1 fully saturated rings. The number of carboxylic acids is 1. The smallest absolute Gasteiger partial charge is 0.335 e. The number of aliphatic carboxylic acids is 1. The lowest BCUT2D eigenvalue weighted by Gasteiger charge is -2.32. The number of nitrogens with two attached hydrogens (primary N) is 1. The van der Waals surface area contributed by atoms with Crippen molar-refractivity contribution in [2.45, 2.75) is 52.4 Å². The normalized spacial score (nSPS) is 29.0. The van der Waals surface area contributed by atoms with E-state index in [1.807, 2.05) is 6.08 Å². The molecule has 4 nitrogen and oxygen atoms in total. The molecule has 2 aliphatic rings. The van der Waals surface area contributed by atoms with E-state index in [0.717, 1.165) is 55.5 Å². The lowest BCUT2D eigenvalue weighted by molar-refractivity contribution is -0.132. The lowest BCUT2D eigenvalue weighted by atomic mass is 9.74. The van der Waals surface area contributed by atoms with E-state index in [-0.39, 0.29) is 5.41 Å². The maximum Gasteiger partial charge on any atom is 0.335 e. The van der Waals surface area contributed by atoms with Crippen molar-refractivity contribution in [3.63, 3.8) is 0 Å². The Hall–Kier alpha value is -0.780. The highest BCUT2D eigenvalue weighted by Crippen LogP contribution is 2.43. The number of hydrogen-bond acceptors (Lipinski definition) is 4. The zero-order chi connectivity index (χ0) is 16.3. The highest BCUT2D eigenvalue weighted by Gasteiger charge is 2.32. The fourth-order valence-corrected chi connectivity index (χ4v) is 4.04. The van der Waals surface area contributed by atoms with Crippen molar-refractivity contribution in [3.8, 4) is 0 Å². The van der Waals surface area contributed by atoms with Crippen molar-refractivity contribution in [3.05, 3.63) is 22.1 Å². The highest BCUT2D eigenvalue weighted by molar-refractivity contribution is 7.84. The van der Waals surface area contributed by atoms with Gasteiger partial charge in [-0.1, -0.05) is 26.3 Å². The molecule has 0 saturated heterocycles. The number of nitrogens with one attached hydrogen (secondary N) is 1. The molecule has 2 aliphatic carbocycles. The maximum absolute atomic E-state index is 11.8. The van der Waals surface area contributed by atoms with Gasteiger partial charge in [0.05, 0.1) is 5.57 Å². The predicted octanol–water partition coefficient (Wildman–Crippen LogP) is 3.27. The Bertz CT molecular complexity index is 497. The Labute approximate surface area is 138 Å². The van der Waals surface area contributed by atoms with Crippen LogP contribution >= 0.6 is 12.6 Å². The summed E-state index contributed by atoms with van der Waals surface area (Å²) in [4.78, 5) is 12.8. The van der Waals surface area contributed by atoms with Crippen molar-refractivity contribution in [1.29, 1.82) is 0 Å². The number of thiol groups is 1. The summed E-state index contributed by atoms with van der Waals surface area (Å²) in [6.07, 6.45) is 7.98. The molecular weight excluding hydrogens is 296 g/mol. The minimum Gasteiger partial charge on any atom is -0.478 e. The monoisotopic (exact) mass is 324 g/mol. The molecule has 0 radical (unpaired) electrons. The molecule has 2 rings (SSSR count). The average Bonchev–Trinajstić information content (AvgIpc) is 2.86. The van der Waals surface area contributed by atoms with Crippen molar-refractivity contribution in [1.82, 2.24) is 5.43 Å². The van der Waals surface area contributed by atoms with E-state index in [2.05, 4.69) is 31.9 Å². The molecule has 2 atom stereocenters. The number of allylic oxidation sites excluding steroid dienone is 2. The number of rotatable bonds is 5. The SMILES string of the molecule is CC1(C)CCC(S)=C(/C(=C/C2CCC[C@H]2CNN)C(=O)O)C1. The first kappa shape index (κ1) is 17.6. The van der Waals surface area contributed by atoms with Gasteiger partial charge >= 0.3 is 5.97 Å². The van der Waals surface area contributed by atoms with Gasteiger partial charge < -0.3 is 5.11 Å². The van der Waals surface area contributed by atoms with Gasteiger partial charge in [-0.05, 0) is 59.8 Å². The van der Waals surface area contributed by atoms with E-state index in [9.17, 15) is 9.90 Å². The molecule has 124 valence electrons. The Kier molecular flexibility index (Phi) is 5.75. The largest absolute Gasteiger partial charge is 0.478 e. The molecule has 1 unspecified atom stereocenters. The standard InChI is InChI=1S/C17H28N2O2S/c1-17(2)7-6-15(22)14(9-17)13(16(20)21)8-11-4-3-5-12(11)10-19-18/h8,11-12,19,22H,3-7,9-10,18H2,1-2H3,(H,20,21)/b13-8-/t11?,12-/m0/s1. The predicted molar refractivity (Wildman–Crippen MR) is 92.4 cm³/mol. The Morgan fingerprint density at radius 3 is 2.86 bits per heavy atom. The fraction of sp³-hybridized carbons (Fsp3) is 0.706. The van der Waals surface area contributed by atoms with Crippen LogP contribution in [0.4, 0.5) is 0 Å². The molecule has 0 aromatic carbocycles. The molecule has 0 aliphatic heterocycles. The minimum absolute atomic E-state index is 0.143. The quantitative estimate of drug-likeness (QED) is 0.271. The van der Waals surface area contributed by atoms with E-state index in [1.54, 1.807) is 0 Å². The van der Waals surface area contributed by atoms with Gasteiger partial charge in [-0.3, -0.25) is 11.3 Å². The van der Waals surface area contributed by atoms with Gasteiger partial charge in [-0.2, -0.15) is 0 Å². The summed E-state index contributed by atoms with van der Waals surface area (Å²) < 4.78 is 0. The molecule has 1 saturated carbocycles. The third-order valence-electron chi connectivity index (χ3n) is 5.08. The number of hydrogen-bond donors (Lipinski definition) is 4. The Balaban J connectivity index is 2.30. The summed E-state index contributed by atoms with van der Waals surface area (Å²) in [6.45, 7) is 5.14. The van der Waals surface area contributed by atoms with Crippen LogP contribution in [0.3, 0.4) is 0 Å². The summed E-state index contributed by atoms with van der Waals surface area (Å²) in [5.41, 5.74) is 4.28. The molecule has 0 spiro atoms. The van der Waals surface area contributed by atoms with Gasteiger partial charge in [-0.25, -0.2) is 4.79 Å². The molecule has 5 heteroatoms. The Morgan fingerprint density at radius 1 is 1.50 bits per heavy atom. The molecule has 0 aromatic heterocycles. The second-order valence-electron chi connectivity index (χ2n) is 7.41. The van der Waals surface area contributed by atoms with Gasteiger partial charge in [0.25, 0.3) is 0 Å². The second kappa shape index (κ2) is 7.20. The molecule has 0 aromatic rings. The van der Waals surface area contributed by atoms with Crippen LogP contribution in [0.5, 0.6) is 0 Å². The summed E-state index contributed by atoms with van der Waals surface area (Å²) in [5.74, 6) is 5.35. The molecular formula is C17H28N2O2S. The first-order valence-corrected chi connectivity index (χ1v) is 8.59. The van der Waals surface area contributed by atoms with Crippen molar-refractivity contribution < 1.29 is 9.90 Å². The van der Waals surface area contributed by atoms with Gasteiger partial charge in [0.15, 0.2) is 0 Å². The van der Waals surface area contributed by atoms with Crippen molar-refractivity contribution >= 4 is 18.6 Å². The van der Waals surface area contributed by atoms with E-state index >= 15 is 0 Å². The third kappa shape index (κ3) is 4.15. The van der Waals surface area contributed by atoms with Crippen LogP contribution in [0, 0.1) is 17.3 Å². The summed E-state index contributed by atoms with van der Waals surface area (Å²) in [5, 5.41) is 9.71. The van der Waals surface area contributed by atoms with Crippen LogP contribution in [0.15, 0.2) is 22.1 Å². The van der Waals surface area contributed by atoms with Gasteiger partial charge in [0.1, 0.15) is 0 Å². The van der Waals surface area contributed by atoms with E-state index < -0.39 is 5.97 Å². The zero-order valence-electron chi connectivity index (χ0n) is 13.6. The fourth-order valence-electron chi connectivity index (χ4n) is 3.73. The van der Waals surface area contributed by atoms with Gasteiger partial charge in [-0.15, -0.1) is 12.6 Å². The summed E-state index contributed by atoms with van der Waals surface area (Å²) in [6, 6.07) is 0. The van der Waals surface area contributed by atoms with Crippen LogP contribution in [-0.4, -0.2) is 17.6 Å². The van der Waals surface area contributed by atoms with Crippen LogP contribution in [0.25, 0.3) is 0 Å². The molecule has 22 heavy (non-hydrogen) atoms. The van der Waals surface area contributed by atoms with Gasteiger partial charge in [0.2, 0.25) is 0 Å². The molecule has 4 N–H and O–H groups in total. The first-order valence-electron chi connectivity index (χ1n) is 8.14. The van der Waals surface area contributed by atoms with Gasteiger partial charge in [0, 0.05) is 6.54 Å². The van der Waals surface area contributed by atoms with Crippen molar-refractivity contribution in [2.24, 2.45) is 23.1 Å². The first-order chi connectivity index (χ1) is 10.3. The Morgan fingerprint density at radius 2 is 2.23 bits per heavy atom. The van der Waals surface area contributed by atoms with Crippen LogP contribution < -0.4 is 11.3 Å². The summed E-state index contributed by atoms with van der Waals surface area (Å²) >= 11 is 4.57.